The number of benzene rings is 2. The number of ether oxygens (including phenoxy) is 1. The summed E-state index contributed by atoms with van der Waals surface area (Å²) in [6, 6.07) is 14.8. The van der Waals surface area contributed by atoms with Crippen LogP contribution in [0.4, 0.5) is 0 Å². The first-order valence-electron chi connectivity index (χ1n) is 7.78. The van der Waals surface area contributed by atoms with E-state index in [-0.39, 0.29) is 12.0 Å². The molecule has 0 fully saturated rings. The molecule has 0 aromatic heterocycles. The van der Waals surface area contributed by atoms with Gasteiger partial charge in [0.25, 0.3) is 0 Å². The number of nitrogens with two attached hydrogens (primary N) is 1. The van der Waals surface area contributed by atoms with Crippen molar-refractivity contribution in [3.05, 3.63) is 48.0 Å². The maximum atomic E-state index is 11.7. The van der Waals surface area contributed by atoms with Gasteiger partial charge in [0.15, 0.2) is 0 Å². The number of carbonyl (C=O) groups excluding carboxylic acids is 1. The monoisotopic (exact) mass is 332 g/mol. The van der Waals surface area contributed by atoms with Gasteiger partial charge in [0.1, 0.15) is 0 Å². The number of hydrogen-bond donors (Lipinski definition) is 2. The maximum absolute atomic E-state index is 11.7. The van der Waals surface area contributed by atoms with Crippen molar-refractivity contribution in [3.8, 4) is 0 Å². The number of fused-ring (bicyclic) bond motifs is 1. The Morgan fingerprint density at radius 1 is 1.26 bits per heavy atom. The second-order valence-corrected chi connectivity index (χ2v) is 6.44. The fraction of sp³-hybridized carbons (Fsp3) is 0.389. The van der Waals surface area contributed by atoms with Gasteiger partial charge in [0.05, 0.1) is 12.5 Å². The van der Waals surface area contributed by atoms with E-state index in [0.29, 0.717) is 19.5 Å². The van der Waals surface area contributed by atoms with Crippen molar-refractivity contribution in [2.45, 2.75) is 18.3 Å². The Labute approximate surface area is 141 Å². The molecule has 4 nitrogen and oxygen atoms in total. The molecule has 1 atom stereocenters. The quantitative estimate of drug-likeness (QED) is 0.693. The molecule has 2 rings (SSSR count). The van der Waals surface area contributed by atoms with Crippen LogP contribution in [-0.2, 0) is 15.3 Å². The van der Waals surface area contributed by atoms with Crippen LogP contribution in [0.3, 0.4) is 0 Å². The summed E-state index contributed by atoms with van der Waals surface area (Å²) in [4.78, 5) is 11.7. The van der Waals surface area contributed by atoms with Gasteiger partial charge in [-0.15, -0.1) is 0 Å². The second-order valence-electron chi connectivity index (χ2n) is 5.34. The molecule has 1 amide bonds. The zero-order valence-corrected chi connectivity index (χ0v) is 14.3. The number of hydrogen-bond acceptors (Lipinski definition) is 4. The summed E-state index contributed by atoms with van der Waals surface area (Å²) in [5, 5.41) is 5.48. The van der Waals surface area contributed by atoms with Crippen LogP contribution in [0.15, 0.2) is 42.5 Å². The van der Waals surface area contributed by atoms with E-state index < -0.39 is 0 Å². The lowest BCUT2D eigenvalue weighted by Gasteiger charge is -2.12. The SMILES string of the molecule is COC(CN)CC(=O)NCCSCc1cccc2ccccc12. The first-order valence-corrected chi connectivity index (χ1v) is 8.94. The van der Waals surface area contributed by atoms with E-state index in [0.717, 1.165) is 11.5 Å². The number of methoxy groups -OCH3 is 1. The van der Waals surface area contributed by atoms with E-state index in [1.54, 1.807) is 7.11 Å². The van der Waals surface area contributed by atoms with Crippen molar-refractivity contribution in [3.63, 3.8) is 0 Å². The topological polar surface area (TPSA) is 64.3 Å². The highest BCUT2D eigenvalue weighted by atomic mass is 32.2. The molecule has 5 heteroatoms. The Morgan fingerprint density at radius 3 is 2.83 bits per heavy atom. The Bertz CT molecular complexity index is 624. The zero-order chi connectivity index (χ0) is 16.5. The molecular formula is C18H24N2O2S. The Kier molecular flexibility index (Phi) is 7.39. The van der Waals surface area contributed by atoms with E-state index in [1.165, 1.54) is 16.3 Å². The predicted molar refractivity (Wildman–Crippen MR) is 97.6 cm³/mol. The van der Waals surface area contributed by atoms with E-state index >= 15 is 0 Å². The Balaban J connectivity index is 1.72. The van der Waals surface area contributed by atoms with Crippen LogP contribution in [0.5, 0.6) is 0 Å². The minimum Gasteiger partial charge on any atom is -0.380 e. The van der Waals surface area contributed by atoms with Crippen molar-refractivity contribution in [2.24, 2.45) is 5.73 Å². The lowest BCUT2D eigenvalue weighted by Crippen LogP contribution is -2.33. The van der Waals surface area contributed by atoms with Gasteiger partial charge in [0, 0.05) is 31.7 Å². The highest BCUT2D eigenvalue weighted by Gasteiger charge is 2.10. The first-order chi connectivity index (χ1) is 11.2. The third-order valence-corrected chi connectivity index (χ3v) is 4.72. The molecule has 0 saturated heterocycles. The van der Waals surface area contributed by atoms with Crippen molar-refractivity contribution in [1.82, 2.24) is 5.32 Å². The number of nitrogens with one attached hydrogen (secondary N) is 1. The van der Waals surface area contributed by atoms with Crippen molar-refractivity contribution >= 4 is 28.4 Å². The molecule has 23 heavy (non-hydrogen) atoms. The lowest BCUT2D eigenvalue weighted by molar-refractivity contribution is -0.123. The largest absolute Gasteiger partial charge is 0.380 e. The third kappa shape index (κ3) is 5.53. The summed E-state index contributed by atoms with van der Waals surface area (Å²) in [6.07, 6.45) is 0.124. The Morgan fingerprint density at radius 2 is 2.04 bits per heavy atom. The molecule has 0 bridgehead atoms. The van der Waals surface area contributed by atoms with E-state index in [1.807, 2.05) is 11.8 Å². The molecule has 0 saturated carbocycles. The molecule has 0 heterocycles. The average Bonchev–Trinajstić information content (AvgIpc) is 2.59. The summed E-state index contributed by atoms with van der Waals surface area (Å²) in [6.45, 7) is 1.02. The van der Waals surface area contributed by atoms with Gasteiger partial charge in [-0.2, -0.15) is 11.8 Å². The van der Waals surface area contributed by atoms with Gasteiger partial charge in [-0.05, 0) is 16.3 Å². The van der Waals surface area contributed by atoms with Gasteiger partial charge < -0.3 is 15.8 Å². The Hall–Kier alpha value is -1.56. The summed E-state index contributed by atoms with van der Waals surface area (Å²) in [7, 11) is 1.57. The summed E-state index contributed by atoms with van der Waals surface area (Å²) in [5.41, 5.74) is 6.84. The molecular weight excluding hydrogens is 308 g/mol. The van der Waals surface area contributed by atoms with Gasteiger partial charge in [-0.3, -0.25) is 4.79 Å². The number of rotatable bonds is 9. The second kappa shape index (κ2) is 9.55. The smallest absolute Gasteiger partial charge is 0.222 e. The lowest BCUT2D eigenvalue weighted by atomic mass is 10.1. The normalized spacial score (nSPS) is 12.3. The molecule has 1 unspecified atom stereocenters. The van der Waals surface area contributed by atoms with Crippen LogP contribution in [0.2, 0.25) is 0 Å². The van der Waals surface area contributed by atoms with Crippen molar-refractivity contribution in [1.29, 1.82) is 0 Å². The van der Waals surface area contributed by atoms with Gasteiger partial charge in [0.2, 0.25) is 5.91 Å². The molecule has 124 valence electrons. The number of amides is 1. The minimum atomic E-state index is -0.196. The van der Waals surface area contributed by atoms with Gasteiger partial charge in [-0.1, -0.05) is 42.5 Å². The van der Waals surface area contributed by atoms with E-state index in [4.69, 9.17) is 10.5 Å². The van der Waals surface area contributed by atoms with Crippen LogP contribution in [0.25, 0.3) is 10.8 Å². The standard InChI is InChI=1S/C18H24N2O2S/c1-22-16(12-19)11-18(21)20-9-10-23-13-15-7-4-6-14-5-2-3-8-17(14)15/h2-8,16H,9-13,19H2,1H3,(H,20,21). The highest BCUT2D eigenvalue weighted by Crippen LogP contribution is 2.22. The highest BCUT2D eigenvalue weighted by molar-refractivity contribution is 7.98. The summed E-state index contributed by atoms with van der Waals surface area (Å²) >= 11 is 1.82. The molecule has 0 aliphatic rings. The molecule has 0 radical (unpaired) electrons. The molecule has 0 aliphatic carbocycles. The molecule has 0 spiro atoms. The molecule has 2 aromatic carbocycles. The minimum absolute atomic E-state index is 0.00643. The summed E-state index contributed by atoms with van der Waals surface area (Å²) < 4.78 is 5.11. The van der Waals surface area contributed by atoms with Crippen LogP contribution >= 0.6 is 11.8 Å². The number of thioether (sulfide) groups is 1. The average molecular weight is 332 g/mol. The zero-order valence-electron chi connectivity index (χ0n) is 13.5. The van der Waals surface area contributed by atoms with Crippen LogP contribution < -0.4 is 11.1 Å². The van der Waals surface area contributed by atoms with Gasteiger partial charge >= 0.3 is 0 Å². The number of carbonyl (C=O) groups is 1. The maximum Gasteiger partial charge on any atom is 0.222 e. The summed E-state index contributed by atoms with van der Waals surface area (Å²) in [5.74, 6) is 1.82. The molecule has 2 aromatic rings. The molecule has 3 N–H and O–H groups in total. The van der Waals surface area contributed by atoms with Crippen LogP contribution in [0.1, 0.15) is 12.0 Å². The van der Waals surface area contributed by atoms with Crippen molar-refractivity contribution < 1.29 is 9.53 Å². The predicted octanol–water partition coefficient (Wildman–Crippen LogP) is 2.55. The first kappa shape index (κ1) is 17.8. The van der Waals surface area contributed by atoms with E-state index in [9.17, 15) is 4.79 Å². The fourth-order valence-corrected chi connectivity index (χ4v) is 3.27. The molecule has 0 aliphatic heterocycles. The van der Waals surface area contributed by atoms with Crippen LogP contribution in [0, 0.1) is 0 Å². The fourth-order valence-electron chi connectivity index (χ4n) is 2.40. The van der Waals surface area contributed by atoms with Crippen LogP contribution in [-0.4, -0.2) is 38.0 Å². The third-order valence-electron chi connectivity index (χ3n) is 3.72. The van der Waals surface area contributed by atoms with E-state index in [2.05, 4.69) is 47.8 Å². The van der Waals surface area contributed by atoms with Gasteiger partial charge in [-0.25, -0.2) is 0 Å². The van der Waals surface area contributed by atoms with Crippen molar-refractivity contribution in [2.75, 3.05) is 26.0 Å².